The minimum Gasteiger partial charge on any atom is -0.493 e. The summed E-state index contributed by atoms with van der Waals surface area (Å²) in [5, 5.41) is 3.45. The van der Waals surface area contributed by atoms with E-state index in [1.165, 1.54) is 5.56 Å². The lowest BCUT2D eigenvalue weighted by Gasteiger charge is -2.38. The molecule has 0 radical (unpaired) electrons. The molecule has 1 N–H and O–H groups in total. The van der Waals surface area contributed by atoms with E-state index < -0.39 is 0 Å². The monoisotopic (exact) mass is 494 g/mol. The highest BCUT2D eigenvalue weighted by Gasteiger charge is 2.34. The van der Waals surface area contributed by atoms with E-state index >= 15 is 0 Å². The summed E-state index contributed by atoms with van der Waals surface area (Å²) in [6.45, 7) is 5.37. The summed E-state index contributed by atoms with van der Waals surface area (Å²) in [5.74, 6) is 0.998. The Morgan fingerprint density at radius 1 is 1.07 bits per heavy atom. The van der Waals surface area contributed by atoms with Gasteiger partial charge in [0.25, 0.3) is 0 Å². The zero-order chi connectivity index (χ0) is 18.6. The molecule has 0 bridgehead atoms. The molecule has 4 rings (SSSR count). The van der Waals surface area contributed by atoms with Crippen LogP contribution >= 0.6 is 31.9 Å². The smallest absolute Gasteiger partial charge is 0.124 e. The van der Waals surface area contributed by atoms with E-state index in [1.807, 2.05) is 12.1 Å². The molecule has 27 heavy (non-hydrogen) atoms. The Labute approximate surface area is 177 Å². The van der Waals surface area contributed by atoms with Crippen LogP contribution in [0.5, 0.6) is 5.75 Å². The van der Waals surface area contributed by atoms with Crippen LogP contribution in [-0.2, 0) is 11.3 Å². The predicted molar refractivity (Wildman–Crippen MR) is 114 cm³/mol. The quantitative estimate of drug-likeness (QED) is 0.675. The maximum atomic E-state index is 6.50. The number of nitrogens with zero attached hydrogens (tertiary/aromatic N) is 1. The molecule has 2 aliphatic heterocycles. The Bertz CT molecular complexity index is 760. The molecule has 2 atom stereocenters. The molecule has 2 aromatic rings. The van der Waals surface area contributed by atoms with E-state index in [0.29, 0.717) is 13.2 Å². The summed E-state index contributed by atoms with van der Waals surface area (Å²) < 4.78 is 14.7. The van der Waals surface area contributed by atoms with E-state index in [9.17, 15) is 0 Å². The van der Waals surface area contributed by atoms with Crippen molar-refractivity contribution in [1.82, 2.24) is 10.2 Å². The molecule has 4 nitrogen and oxygen atoms in total. The van der Waals surface area contributed by atoms with Gasteiger partial charge in [0.15, 0.2) is 0 Å². The SMILES string of the molecule is Brc1cc(Br)cc(COC2CCOc3ccccc3C2N2CCNCC2)c1. The standard InChI is InChI=1S/C21H24Br2N2O2/c22-16-11-15(12-17(23)13-16)14-27-20-5-10-26-19-4-2-1-3-18(19)21(20)25-8-6-24-7-9-25/h1-4,11-13,20-21,24H,5-10,14H2. The molecule has 144 valence electrons. The van der Waals surface area contributed by atoms with Crippen molar-refractivity contribution in [3.05, 3.63) is 62.5 Å². The van der Waals surface area contributed by atoms with Crippen molar-refractivity contribution in [2.75, 3.05) is 32.8 Å². The summed E-state index contributed by atoms with van der Waals surface area (Å²) in [4.78, 5) is 2.55. The summed E-state index contributed by atoms with van der Waals surface area (Å²) >= 11 is 7.13. The molecule has 2 aliphatic rings. The Morgan fingerprint density at radius 3 is 2.59 bits per heavy atom. The third-order valence-corrected chi connectivity index (χ3v) is 6.10. The highest BCUT2D eigenvalue weighted by Crippen LogP contribution is 2.37. The van der Waals surface area contributed by atoms with Gasteiger partial charge in [0.1, 0.15) is 5.75 Å². The fourth-order valence-electron chi connectivity index (χ4n) is 3.96. The second kappa shape index (κ2) is 9.05. The highest BCUT2D eigenvalue weighted by atomic mass is 79.9. The van der Waals surface area contributed by atoms with Crippen LogP contribution in [0, 0.1) is 0 Å². The summed E-state index contributed by atoms with van der Waals surface area (Å²) in [6, 6.07) is 14.9. The maximum Gasteiger partial charge on any atom is 0.124 e. The topological polar surface area (TPSA) is 33.7 Å². The first-order valence-corrected chi connectivity index (χ1v) is 11.0. The molecule has 0 aliphatic carbocycles. The summed E-state index contributed by atoms with van der Waals surface area (Å²) in [5.41, 5.74) is 2.41. The zero-order valence-electron chi connectivity index (χ0n) is 15.2. The number of fused-ring (bicyclic) bond motifs is 1. The summed E-state index contributed by atoms with van der Waals surface area (Å²) in [6.07, 6.45) is 0.989. The van der Waals surface area contributed by atoms with Crippen molar-refractivity contribution < 1.29 is 9.47 Å². The van der Waals surface area contributed by atoms with Crippen LogP contribution in [0.4, 0.5) is 0 Å². The van der Waals surface area contributed by atoms with Gasteiger partial charge in [-0.25, -0.2) is 0 Å². The normalized spacial score (nSPS) is 23.3. The number of ether oxygens (including phenoxy) is 2. The zero-order valence-corrected chi connectivity index (χ0v) is 18.3. The number of halogens is 2. The van der Waals surface area contributed by atoms with Crippen molar-refractivity contribution in [2.45, 2.75) is 25.2 Å². The molecule has 6 heteroatoms. The summed E-state index contributed by atoms with van der Waals surface area (Å²) in [7, 11) is 0. The number of hydrogen-bond donors (Lipinski definition) is 1. The molecule has 2 heterocycles. The second-order valence-corrected chi connectivity index (χ2v) is 8.86. The molecule has 2 aromatic carbocycles. The lowest BCUT2D eigenvalue weighted by Crippen LogP contribution is -2.48. The van der Waals surface area contributed by atoms with Gasteiger partial charge in [-0.05, 0) is 29.8 Å². The van der Waals surface area contributed by atoms with Crippen LogP contribution in [0.3, 0.4) is 0 Å². The number of rotatable bonds is 4. The van der Waals surface area contributed by atoms with Gasteiger partial charge in [0.2, 0.25) is 0 Å². The molecule has 2 unspecified atom stereocenters. The van der Waals surface area contributed by atoms with Crippen LogP contribution in [0.2, 0.25) is 0 Å². The third-order valence-electron chi connectivity index (χ3n) is 5.18. The minimum atomic E-state index is 0.101. The lowest BCUT2D eigenvalue weighted by molar-refractivity contribution is -0.0331. The van der Waals surface area contributed by atoms with Crippen LogP contribution in [0.15, 0.2) is 51.4 Å². The number of para-hydroxylation sites is 1. The fraction of sp³-hybridized carbons (Fsp3) is 0.429. The van der Waals surface area contributed by atoms with Crippen molar-refractivity contribution in [1.29, 1.82) is 0 Å². The molecule has 0 saturated carbocycles. The third kappa shape index (κ3) is 4.74. The maximum absolute atomic E-state index is 6.50. The largest absolute Gasteiger partial charge is 0.493 e. The van der Waals surface area contributed by atoms with Gasteiger partial charge < -0.3 is 14.8 Å². The van der Waals surface area contributed by atoms with E-state index in [0.717, 1.165) is 52.9 Å². The molecule has 0 aromatic heterocycles. The van der Waals surface area contributed by atoms with E-state index in [1.54, 1.807) is 0 Å². The van der Waals surface area contributed by atoms with Crippen LogP contribution in [0.1, 0.15) is 23.6 Å². The highest BCUT2D eigenvalue weighted by molar-refractivity contribution is 9.11. The number of benzene rings is 2. The van der Waals surface area contributed by atoms with Crippen molar-refractivity contribution >= 4 is 31.9 Å². The average molecular weight is 496 g/mol. The van der Waals surface area contributed by atoms with Crippen molar-refractivity contribution in [3.63, 3.8) is 0 Å². The Hall–Kier alpha value is -0.920. The fourth-order valence-corrected chi connectivity index (χ4v) is 5.35. The first-order chi connectivity index (χ1) is 13.2. The predicted octanol–water partition coefficient (Wildman–Crippen LogP) is 4.53. The molecule has 1 saturated heterocycles. The van der Waals surface area contributed by atoms with E-state index in [2.05, 4.69) is 72.4 Å². The van der Waals surface area contributed by atoms with E-state index in [-0.39, 0.29) is 12.1 Å². The second-order valence-electron chi connectivity index (χ2n) is 7.03. The van der Waals surface area contributed by atoms with Crippen LogP contribution in [-0.4, -0.2) is 43.8 Å². The van der Waals surface area contributed by atoms with E-state index in [4.69, 9.17) is 9.47 Å². The number of hydrogen-bond acceptors (Lipinski definition) is 4. The van der Waals surface area contributed by atoms with Gasteiger partial charge in [-0.1, -0.05) is 50.1 Å². The Kier molecular flexibility index (Phi) is 6.50. The first kappa shape index (κ1) is 19.4. The number of nitrogens with one attached hydrogen (secondary N) is 1. The molecular weight excluding hydrogens is 472 g/mol. The van der Waals surface area contributed by atoms with Gasteiger partial charge in [0, 0.05) is 47.1 Å². The van der Waals surface area contributed by atoms with Gasteiger partial charge >= 0.3 is 0 Å². The molecule has 0 spiro atoms. The average Bonchev–Trinajstić information content (AvgIpc) is 2.85. The first-order valence-electron chi connectivity index (χ1n) is 9.44. The van der Waals surface area contributed by atoms with Crippen LogP contribution < -0.4 is 10.1 Å². The molecular formula is C21H24Br2N2O2. The van der Waals surface area contributed by atoms with Crippen molar-refractivity contribution in [3.8, 4) is 5.75 Å². The van der Waals surface area contributed by atoms with Gasteiger partial charge in [-0.2, -0.15) is 0 Å². The number of piperazine rings is 1. The molecule has 0 amide bonds. The lowest BCUT2D eigenvalue weighted by atomic mass is 9.96. The molecule has 1 fully saturated rings. The van der Waals surface area contributed by atoms with Crippen molar-refractivity contribution in [2.24, 2.45) is 0 Å². The van der Waals surface area contributed by atoms with Crippen LogP contribution in [0.25, 0.3) is 0 Å². The minimum absolute atomic E-state index is 0.101. The Balaban J connectivity index is 1.58. The van der Waals surface area contributed by atoms with Gasteiger partial charge in [-0.3, -0.25) is 4.90 Å². The van der Waals surface area contributed by atoms with Gasteiger partial charge in [-0.15, -0.1) is 0 Å². The van der Waals surface area contributed by atoms with Gasteiger partial charge in [0.05, 0.1) is 25.4 Å². The Morgan fingerprint density at radius 2 is 1.81 bits per heavy atom.